The van der Waals surface area contributed by atoms with Gasteiger partial charge in [-0.05, 0) is 44.4 Å². The SMILES string of the molecule is CCNCCCNCC(C)C(C)C. The molecule has 0 amide bonds. The van der Waals surface area contributed by atoms with Crippen molar-refractivity contribution < 1.29 is 0 Å². The highest BCUT2D eigenvalue weighted by Gasteiger charge is 2.04. The van der Waals surface area contributed by atoms with E-state index in [1.807, 2.05) is 0 Å². The minimum Gasteiger partial charge on any atom is -0.317 e. The molecule has 0 spiro atoms. The molecular formula is C11H26N2. The highest BCUT2D eigenvalue weighted by molar-refractivity contribution is 4.60. The van der Waals surface area contributed by atoms with E-state index >= 15 is 0 Å². The second kappa shape index (κ2) is 8.52. The van der Waals surface area contributed by atoms with Gasteiger partial charge in [0.05, 0.1) is 0 Å². The Bertz CT molecular complexity index is 102. The van der Waals surface area contributed by atoms with Gasteiger partial charge in [0.1, 0.15) is 0 Å². The molecule has 0 saturated heterocycles. The molecule has 0 saturated carbocycles. The van der Waals surface area contributed by atoms with Crippen molar-refractivity contribution in [2.75, 3.05) is 26.2 Å². The topological polar surface area (TPSA) is 24.1 Å². The number of hydrogen-bond donors (Lipinski definition) is 2. The Labute approximate surface area is 83.5 Å². The van der Waals surface area contributed by atoms with Gasteiger partial charge in [-0.15, -0.1) is 0 Å². The van der Waals surface area contributed by atoms with Gasteiger partial charge in [-0.3, -0.25) is 0 Å². The predicted octanol–water partition coefficient (Wildman–Crippen LogP) is 1.87. The van der Waals surface area contributed by atoms with E-state index in [4.69, 9.17) is 0 Å². The van der Waals surface area contributed by atoms with Crippen LogP contribution in [0.2, 0.25) is 0 Å². The molecule has 0 rings (SSSR count). The Morgan fingerprint density at radius 2 is 1.62 bits per heavy atom. The van der Waals surface area contributed by atoms with E-state index in [0.717, 1.165) is 38.0 Å². The van der Waals surface area contributed by atoms with Crippen LogP contribution in [0.4, 0.5) is 0 Å². The predicted molar refractivity (Wildman–Crippen MR) is 60.0 cm³/mol. The van der Waals surface area contributed by atoms with Crippen molar-refractivity contribution >= 4 is 0 Å². The average molecular weight is 186 g/mol. The van der Waals surface area contributed by atoms with Crippen molar-refractivity contribution in [1.82, 2.24) is 10.6 Å². The van der Waals surface area contributed by atoms with Gasteiger partial charge >= 0.3 is 0 Å². The number of nitrogens with one attached hydrogen (secondary N) is 2. The highest BCUT2D eigenvalue weighted by atomic mass is 14.9. The van der Waals surface area contributed by atoms with Gasteiger partial charge in [0.25, 0.3) is 0 Å². The van der Waals surface area contributed by atoms with Gasteiger partial charge < -0.3 is 10.6 Å². The molecule has 0 aromatic rings. The molecule has 0 fully saturated rings. The first-order valence-electron chi connectivity index (χ1n) is 5.59. The molecule has 13 heavy (non-hydrogen) atoms. The maximum Gasteiger partial charge on any atom is -0.00207 e. The van der Waals surface area contributed by atoms with Crippen LogP contribution in [0.15, 0.2) is 0 Å². The van der Waals surface area contributed by atoms with Crippen LogP contribution in [0.5, 0.6) is 0 Å². The summed E-state index contributed by atoms with van der Waals surface area (Å²) in [6, 6.07) is 0. The van der Waals surface area contributed by atoms with Gasteiger partial charge in [-0.1, -0.05) is 27.7 Å². The molecule has 2 N–H and O–H groups in total. The van der Waals surface area contributed by atoms with E-state index in [1.54, 1.807) is 0 Å². The minimum absolute atomic E-state index is 0.791. The van der Waals surface area contributed by atoms with E-state index in [1.165, 1.54) is 6.42 Å². The summed E-state index contributed by atoms with van der Waals surface area (Å²) < 4.78 is 0. The standard InChI is InChI=1S/C11H26N2/c1-5-12-7-6-8-13-9-11(4)10(2)3/h10-13H,5-9H2,1-4H3. The van der Waals surface area contributed by atoms with Crippen LogP contribution in [0.1, 0.15) is 34.1 Å². The van der Waals surface area contributed by atoms with E-state index in [-0.39, 0.29) is 0 Å². The van der Waals surface area contributed by atoms with Crippen molar-refractivity contribution in [2.45, 2.75) is 34.1 Å². The Morgan fingerprint density at radius 3 is 2.15 bits per heavy atom. The zero-order valence-corrected chi connectivity index (χ0v) is 9.69. The smallest absolute Gasteiger partial charge is 0.00207 e. The second-order valence-corrected chi connectivity index (χ2v) is 4.13. The first-order valence-corrected chi connectivity index (χ1v) is 5.59. The monoisotopic (exact) mass is 186 g/mol. The lowest BCUT2D eigenvalue weighted by Gasteiger charge is -2.15. The third kappa shape index (κ3) is 8.26. The van der Waals surface area contributed by atoms with Crippen LogP contribution >= 0.6 is 0 Å². The summed E-state index contributed by atoms with van der Waals surface area (Å²) in [4.78, 5) is 0. The Balaban J connectivity index is 3.07. The van der Waals surface area contributed by atoms with E-state index in [2.05, 4.69) is 38.3 Å². The lowest BCUT2D eigenvalue weighted by atomic mass is 9.98. The molecule has 0 heterocycles. The van der Waals surface area contributed by atoms with E-state index < -0.39 is 0 Å². The molecule has 2 heteroatoms. The van der Waals surface area contributed by atoms with Gasteiger partial charge in [0.15, 0.2) is 0 Å². The highest BCUT2D eigenvalue weighted by Crippen LogP contribution is 2.07. The normalized spacial score (nSPS) is 13.6. The molecule has 0 aliphatic carbocycles. The largest absolute Gasteiger partial charge is 0.317 e. The van der Waals surface area contributed by atoms with Crippen LogP contribution < -0.4 is 10.6 Å². The molecule has 0 bridgehead atoms. The van der Waals surface area contributed by atoms with Crippen molar-refractivity contribution in [2.24, 2.45) is 11.8 Å². The van der Waals surface area contributed by atoms with Crippen LogP contribution in [-0.2, 0) is 0 Å². The summed E-state index contributed by atoms with van der Waals surface area (Å²) >= 11 is 0. The molecule has 0 radical (unpaired) electrons. The summed E-state index contributed by atoms with van der Waals surface area (Å²) in [6.45, 7) is 13.5. The number of hydrogen-bond acceptors (Lipinski definition) is 2. The third-order valence-corrected chi connectivity index (χ3v) is 2.56. The number of rotatable bonds is 8. The third-order valence-electron chi connectivity index (χ3n) is 2.56. The lowest BCUT2D eigenvalue weighted by Crippen LogP contribution is -2.27. The molecule has 0 aliphatic heterocycles. The van der Waals surface area contributed by atoms with Crippen LogP contribution in [-0.4, -0.2) is 26.2 Å². The molecule has 2 nitrogen and oxygen atoms in total. The van der Waals surface area contributed by atoms with Crippen LogP contribution in [0, 0.1) is 11.8 Å². The van der Waals surface area contributed by atoms with Crippen molar-refractivity contribution in [3.8, 4) is 0 Å². The minimum atomic E-state index is 0.791. The molecule has 80 valence electrons. The second-order valence-electron chi connectivity index (χ2n) is 4.13. The molecule has 0 aliphatic rings. The summed E-state index contributed by atoms with van der Waals surface area (Å²) in [6.07, 6.45) is 1.23. The first-order chi connectivity index (χ1) is 6.18. The summed E-state index contributed by atoms with van der Waals surface area (Å²) in [5.41, 5.74) is 0. The van der Waals surface area contributed by atoms with Crippen LogP contribution in [0.3, 0.4) is 0 Å². The fourth-order valence-electron chi connectivity index (χ4n) is 1.08. The van der Waals surface area contributed by atoms with Crippen molar-refractivity contribution in [3.63, 3.8) is 0 Å². The maximum atomic E-state index is 3.49. The first kappa shape index (κ1) is 12.9. The lowest BCUT2D eigenvalue weighted by molar-refractivity contribution is 0.391. The molecular weight excluding hydrogens is 160 g/mol. The molecule has 1 atom stereocenters. The molecule has 0 aromatic carbocycles. The van der Waals surface area contributed by atoms with Gasteiger partial charge in [0, 0.05) is 0 Å². The zero-order chi connectivity index (χ0) is 10.1. The van der Waals surface area contributed by atoms with E-state index in [0.29, 0.717) is 0 Å². The zero-order valence-electron chi connectivity index (χ0n) is 9.69. The summed E-state index contributed by atoms with van der Waals surface area (Å²) in [7, 11) is 0. The Hall–Kier alpha value is -0.0800. The van der Waals surface area contributed by atoms with Crippen LogP contribution in [0.25, 0.3) is 0 Å². The van der Waals surface area contributed by atoms with Gasteiger partial charge in [0.2, 0.25) is 0 Å². The van der Waals surface area contributed by atoms with Crippen molar-refractivity contribution in [1.29, 1.82) is 0 Å². The summed E-state index contributed by atoms with van der Waals surface area (Å²) in [5, 5.41) is 6.80. The fourth-order valence-corrected chi connectivity index (χ4v) is 1.08. The maximum absolute atomic E-state index is 3.49. The Morgan fingerprint density at radius 1 is 1.00 bits per heavy atom. The molecule has 1 unspecified atom stereocenters. The quantitative estimate of drug-likeness (QED) is 0.566. The van der Waals surface area contributed by atoms with Gasteiger partial charge in [-0.2, -0.15) is 0 Å². The van der Waals surface area contributed by atoms with E-state index in [9.17, 15) is 0 Å². The van der Waals surface area contributed by atoms with Crippen molar-refractivity contribution in [3.05, 3.63) is 0 Å². The fraction of sp³-hybridized carbons (Fsp3) is 1.00. The Kier molecular flexibility index (Phi) is 8.46. The van der Waals surface area contributed by atoms with Gasteiger partial charge in [-0.25, -0.2) is 0 Å². The summed E-state index contributed by atoms with van der Waals surface area (Å²) in [5.74, 6) is 1.58. The average Bonchev–Trinajstić information content (AvgIpc) is 2.10. The molecule has 0 aromatic heterocycles.